The van der Waals surface area contributed by atoms with Crippen LogP contribution in [0, 0.1) is 11.6 Å². The van der Waals surface area contributed by atoms with E-state index in [9.17, 15) is 8.78 Å². The highest BCUT2D eigenvalue weighted by molar-refractivity contribution is 9.10. The monoisotopic (exact) mass is 300 g/mol. The smallest absolute Gasteiger partial charge is 0.233 e. The van der Waals surface area contributed by atoms with Gasteiger partial charge in [-0.05, 0) is 34.1 Å². The van der Waals surface area contributed by atoms with Crippen LogP contribution in [0.4, 0.5) is 14.5 Å². The lowest BCUT2D eigenvalue weighted by Gasteiger charge is -2.07. The Kier molecular flexibility index (Phi) is 3.23. The molecule has 0 radical (unpaired) electrons. The number of nitrogen functional groups attached to an aromatic ring is 1. The lowest BCUT2D eigenvalue weighted by Crippen LogP contribution is -1.94. The van der Waals surface area contributed by atoms with Gasteiger partial charge in [0.15, 0.2) is 11.6 Å². The summed E-state index contributed by atoms with van der Waals surface area (Å²) in [5.41, 5.74) is 5.93. The molecule has 0 aliphatic heterocycles. The molecule has 0 amide bonds. The Labute approximate surface area is 104 Å². The van der Waals surface area contributed by atoms with Gasteiger partial charge in [0, 0.05) is 6.07 Å². The van der Waals surface area contributed by atoms with E-state index in [0.29, 0.717) is 10.2 Å². The summed E-state index contributed by atoms with van der Waals surface area (Å²) in [4.78, 5) is 3.86. The van der Waals surface area contributed by atoms with Gasteiger partial charge in [-0.1, -0.05) is 0 Å². The Morgan fingerprint density at radius 2 is 2.00 bits per heavy atom. The SMILES string of the molecule is Nc1cnc(Oc2cc(F)ccc2F)c(Br)c1. The quantitative estimate of drug-likeness (QED) is 0.923. The zero-order valence-corrected chi connectivity index (χ0v) is 10.0. The molecule has 0 aliphatic rings. The van der Waals surface area contributed by atoms with Gasteiger partial charge in [0.25, 0.3) is 0 Å². The summed E-state index contributed by atoms with van der Waals surface area (Å²) in [7, 11) is 0. The van der Waals surface area contributed by atoms with Crippen molar-refractivity contribution in [3.8, 4) is 11.6 Å². The van der Waals surface area contributed by atoms with Crippen molar-refractivity contribution in [1.29, 1.82) is 0 Å². The van der Waals surface area contributed by atoms with E-state index in [4.69, 9.17) is 10.5 Å². The van der Waals surface area contributed by atoms with E-state index in [1.807, 2.05) is 0 Å². The third-order valence-corrected chi connectivity index (χ3v) is 2.50. The van der Waals surface area contributed by atoms with Gasteiger partial charge in [0.2, 0.25) is 5.88 Å². The van der Waals surface area contributed by atoms with Crippen molar-refractivity contribution < 1.29 is 13.5 Å². The first-order valence-electron chi connectivity index (χ1n) is 4.60. The van der Waals surface area contributed by atoms with Crippen molar-refractivity contribution in [2.75, 3.05) is 5.73 Å². The summed E-state index contributed by atoms with van der Waals surface area (Å²) in [5, 5.41) is 0. The molecule has 0 atom stereocenters. The third-order valence-electron chi connectivity index (χ3n) is 1.93. The van der Waals surface area contributed by atoms with Crippen LogP contribution in [-0.4, -0.2) is 4.98 Å². The minimum absolute atomic E-state index is 0.115. The number of halogens is 3. The lowest BCUT2D eigenvalue weighted by molar-refractivity contribution is 0.420. The van der Waals surface area contributed by atoms with Gasteiger partial charge in [-0.25, -0.2) is 13.8 Å². The first-order valence-corrected chi connectivity index (χ1v) is 5.39. The van der Waals surface area contributed by atoms with E-state index in [1.54, 1.807) is 6.07 Å². The molecule has 88 valence electrons. The van der Waals surface area contributed by atoms with Crippen LogP contribution in [0.25, 0.3) is 0 Å². The predicted molar refractivity (Wildman–Crippen MR) is 62.8 cm³/mol. The Morgan fingerprint density at radius 1 is 1.24 bits per heavy atom. The first-order chi connectivity index (χ1) is 8.06. The molecule has 0 unspecified atom stereocenters. The molecule has 1 aromatic carbocycles. The summed E-state index contributed by atoms with van der Waals surface area (Å²) in [5.74, 6) is -1.38. The highest BCUT2D eigenvalue weighted by atomic mass is 79.9. The van der Waals surface area contributed by atoms with Gasteiger partial charge >= 0.3 is 0 Å². The van der Waals surface area contributed by atoms with Crippen LogP contribution >= 0.6 is 15.9 Å². The van der Waals surface area contributed by atoms with Crippen molar-refractivity contribution in [3.05, 3.63) is 46.6 Å². The minimum Gasteiger partial charge on any atom is -0.435 e. The maximum atomic E-state index is 13.3. The summed E-state index contributed by atoms with van der Waals surface area (Å²) >= 11 is 3.16. The molecule has 2 N–H and O–H groups in total. The molecule has 17 heavy (non-hydrogen) atoms. The standard InChI is InChI=1S/C11H7BrF2N2O/c12-8-4-7(15)5-16-11(8)17-10-3-6(13)1-2-9(10)14/h1-5H,15H2. The van der Waals surface area contributed by atoms with Crippen molar-refractivity contribution >= 4 is 21.6 Å². The van der Waals surface area contributed by atoms with Crippen molar-refractivity contribution in [2.24, 2.45) is 0 Å². The van der Waals surface area contributed by atoms with Crippen molar-refractivity contribution in [3.63, 3.8) is 0 Å². The molecular formula is C11H7BrF2N2O. The Morgan fingerprint density at radius 3 is 2.71 bits per heavy atom. The highest BCUT2D eigenvalue weighted by Gasteiger charge is 2.10. The second-order valence-electron chi connectivity index (χ2n) is 3.23. The second kappa shape index (κ2) is 4.67. The molecule has 0 spiro atoms. The molecule has 1 heterocycles. The molecule has 0 saturated carbocycles. The van der Waals surface area contributed by atoms with Crippen LogP contribution in [0.2, 0.25) is 0 Å². The van der Waals surface area contributed by atoms with Crippen molar-refractivity contribution in [1.82, 2.24) is 4.98 Å². The van der Waals surface area contributed by atoms with Crippen LogP contribution < -0.4 is 10.5 Å². The minimum atomic E-state index is -0.670. The van der Waals surface area contributed by atoms with E-state index in [1.165, 1.54) is 6.20 Å². The van der Waals surface area contributed by atoms with Crippen LogP contribution in [0.5, 0.6) is 11.6 Å². The Balaban J connectivity index is 2.34. The topological polar surface area (TPSA) is 48.1 Å². The molecule has 0 saturated heterocycles. The van der Waals surface area contributed by atoms with Gasteiger partial charge in [-0.3, -0.25) is 0 Å². The van der Waals surface area contributed by atoms with E-state index in [2.05, 4.69) is 20.9 Å². The summed E-state index contributed by atoms with van der Waals surface area (Å²) in [6, 6.07) is 4.49. The molecule has 0 aliphatic carbocycles. The molecule has 6 heteroatoms. The Hall–Kier alpha value is -1.69. The maximum absolute atomic E-state index is 13.3. The molecule has 0 bridgehead atoms. The number of benzene rings is 1. The predicted octanol–water partition coefficient (Wildman–Crippen LogP) is 3.50. The summed E-state index contributed by atoms with van der Waals surface area (Å²) in [6.07, 6.45) is 1.36. The van der Waals surface area contributed by atoms with Gasteiger partial charge in [0.1, 0.15) is 5.82 Å². The van der Waals surface area contributed by atoms with Crippen LogP contribution in [0.3, 0.4) is 0 Å². The summed E-state index contributed by atoms with van der Waals surface area (Å²) in [6.45, 7) is 0. The van der Waals surface area contributed by atoms with Gasteiger partial charge in [-0.15, -0.1) is 0 Å². The molecule has 3 nitrogen and oxygen atoms in total. The summed E-state index contributed by atoms with van der Waals surface area (Å²) < 4.78 is 31.8. The fourth-order valence-corrected chi connectivity index (χ4v) is 1.62. The number of hydrogen-bond donors (Lipinski definition) is 1. The molecule has 2 rings (SSSR count). The number of nitrogens with zero attached hydrogens (tertiary/aromatic N) is 1. The molecule has 2 aromatic rings. The first kappa shape index (κ1) is 11.8. The van der Waals surface area contributed by atoms with E-state index in [-0.39, 0.29) is 11.6 Å². The number of rotatable bonds is 2. The second-order valence-corrected chi connectivity index (χ2v) is 4.09. The van der Waals surface area contributed by atoms with Crippen LogP contribution in [0.15, 0.2) is 34.9 Å². The van der Waals surface area contributed by atoms with E-state index in [0.717, 1.165) is 18.2 Å². The third kappa shape index (κ3) is 2.71. The number of ether oxygens (including phenoxy) is 1. The Bertz CT molecular complexity index is 563. The normalized spacial score (nSPS) is 10.3. The van der Waals surface area contributed by atoms with Crippen molar-refractivity contribution in [2.45, 2.75) is 0 Å². The molecule has 1 aromatic heterocycles. The highest BCUT2D eigenvalue weighted by Crippen LogP contribution is 2.30. The van der Waals surface area contributed by atoms with E-state index < -0.39 is 11.6 Å². The van der Waals surface area contributed by atoms with Gasteiger partial charge in [-0.2, -0.15) is 0 Å². The maximum Gasteiger partial charge on any atom is 0.233 e. The fraction of sp³-hybridized carbons (Fsp3) is 0. The van der Waals surface area contributed by atoms with Gasteiger partial charge < -0.3 is 10.5 Å². The number of anilines is 1. The van der Waals surface area contributed by atoms with Gasteiger partial charge in [0.05, 0.1) is 16.4 Å². The number of hydrogen-bond acceptors (Lipinski definition) is 3. The largest absolute Gasteiger partial charge is 0.435 e. The van der Waals surface area contributed by atoms with Crippen LogP contribution in [-0.2, 0) is 0 Å². The average Bonchev–Trinajstić information content (AvgIpc) is 2.27. The number of nitrogens with two attached hydrogens (primary N) is 1. The number of aromatic nitrogens is 1. The fourth-order valence-electron chi connectivity index (χ4n) is 1.17. The van der Waals surface area contributed by atoms with E-state index >= 15 is 0 Å². The lowest BCUT2D eigenvalue weighted by atomic mass is 10.3. The molecule has 0 fully saturated rings. The van der Waals surface area contributed by atoms with Crippen LogP contribution in [0.1, 0.15) is 0 Å². The number of pyridine rings is 1. The average molecular weight is 301 g/mol. The zero-order valence-electron chi connectivity index (χ0n) is 8.45. The molecular weight excluding hydrogens is 294 g/mol. The zero-order chi connectivity index (χ0) is 12.4.